The highest BCUT2D eigenvalue weighted by Crippen LogP contribution is 2.39. The van der Waals surface area contributed by atoms with E-state index < -0.39 is 30.1 Å². The second-order valence-corrected chi connectivity index (χ2v) is 11.1. The summed E-state index contributed by atoms with van der Waals surface area (Å²) < 4.78 is 11.2. The SMILES string of the molecule is CCCCCCCCCCC[C@@H]1OC(=O)[C@H](C)[C@H]1C(=O)N1C(=O)OC[C@H]1C(c1ccccc1)c1ccccc1. The molecule has 0 N–H and O–H groups in total. The number of nitrogens with zero attached hydrogens (tertiary/aromatic N) is 1. The third-order valence-electron chi connectivity index (χ3n) is 8.30. The van der Waals surface area contributed by atoms with Gasteiger partial charge in [0.05, 0.1) is 17.9 Å². The summed E-state index contributed by atoms with van der Waals surface area (Å²) in [5.74, 6) is -2.25. The molecule has 0 saturated carbocycles. The number of rotatable bonds is 14. The molecule has 210 valence electrons. The molecule has 2 aromatic rings. The third-order valence-corrected chi connectivity index (χ3v) is 8.30. The summed E-state index contributed by atoms with van der Waals surface area (Å²) >= 11 is 0. The molecule has 0 radical (unpaired) electrons. The predicted molar refractivity (Wildman–Crippen MR) is 151 cm³/mol. The lowest BCUT2D eigenvalue weighted by Gasteiger charge is -2.31. The number of carbonyl (C=O) groups excluding carboxylic acids is 3. The molecule has 39 heavy (non-hydrogen) atoms. The van der Waals surface area contributed by atoms with Crippen LogP contribution < -0.4 is 0 Å². The Kier molecular flexibility index (Phi) is 10.6. The van der Waals surface area contributed by atoms with Crippen LogP contribution in [-0.2, 0) is 19.1 Å². The van der Waals surface area contributed by atoms with E-state index in [1.165, 1.54) is 43.4 Å². The van der Waals surface area contributed by atoms with Gasteiger partial charge in [-0.1, -0.05) is 126 Å². The molecule has 0 spiro atoms. The van der Waals surface area contributed by atoms with Crippen molar-refractivity contribution in [3.05, 3.63) is 71.8 Å². The molecule has 0 aromatic heterocycles. The molecule has 4 rings (SSSR count). The van der Waals surface area contributed by atoms with Crippen LogP contribution in [0.5, 0.6) is 0 Å². The van der Waals surface area contributed by atoms with Crippen molar-refractivity contribution in [1.29, 1.82) is 0 Å². The average Bonchev–Trinajstić information content (AvgIpc) is 3.47. The zero-order chi connectivity index (χ0) is 27.6. The predicted octanol–water partition coefficient (Wildman–Crippen LogP) is 7.26. The van der Waals surface area contributed by atoms with E-state index in [-0.39, 0.29) is 24.4 Å². The van der Waals surface area contributed by atoms with Crippen LogP contribution >= 0.6 is 0 Å². The minimum atomic E-state index is -0.688. The first-order chi connectivity index (χ1) is 19.0. The lowest BCUT2D eigenvalue weighted by atomic mass is 9.83. The number of ether oxygens (including phenoxy) is 2. The van der Waals surface area contributed by atoms with Crippen molar-refractivity contribution < 1.29 is 23.9 Å². The molecule has 2 amide bonds. The third kappa shape index (κ3) is 7.09. The van der Waals surface area contributed by atoms with Crippen LogP contribution in [-0.4, -0.2) is 41.6 Å². The first-order valence-corrected chi connectivity index (χ1v) is 14.8. The lowest BCUT2D eigenvalue weighted by Crippen LogP contribution is -2.48. The monoisotopic (exact) mass is 533 g/mol. The van der Waals surface area contributed by atoms with Crippen LogP contribution in [0.4, 0.5) is 4.79 Å². The number of cyclic esters (lactones) is 2. The summed E-state index contributed by atoms with van der Waals surface area (Å²) in [6, 6.07) is 19.3. The Balaban J connectivity index is 1.45. The molecule has 2 aromatic carbocycles. The summed E-state index contributed by atoms with van der Waals surface area (Å²) in [7, 11) is 0. The molecular weight excluding hydrogens is 490 g/mol. The van der Waals surface area contributed by atoms with Gasteiger partial charge in [0.2, 0.25) is 5.91 Å². The topological polar surface area (TPSA) is 72.9 Å². The Labute approximate surface area is 233 Å². The smallest absolute Gasteiger partial charge is 0.417 e. The number of esters is 1. The molecule has 0 bridgehead atoms. The summed E-state index contributed by atoms with van der Waals surface area (Å²) in [6.45, 7) is 4.08. The van der Waals surface area contributed by atoms with E-state index in [1.807, 2.05) is 60.7 Å². The highest BCUT2D eigenvalue weighted by Gasteiger charge is 2.52. The molecule has 0 aliphatic carbocycles. The van der Waals surface area contributed by atoms with Crippen LogP contribution in [0, 0.1) is 11.8 Å². The van der Waals surface area contributed by atoms with Crippen molar-refractivity contribution in [2.45, 2.75) is 96.1 Å². The largest absolute Gasteiger partial charge is 0.461 e. The summed E-state index contributed by atoms with van der Waals surface area (Å²) in [5.41, 5.74) is 2.01. The van der Waals surface area contributed by atoms with Gasteiger partial charge in [-0.15, -0.1) is 0 Å². The normalized spacial score (nSPS) is 22.8. The zero-order valence-corrected chi connectivity index (χ0v) is 23.4. The maximum atomic E-state index is 14.1. The number of imide groups is 1. The zero-order valence-electron chi connectivity index (χ0n) is 23.4. The first kappa shape index (κ1) is 28.8. The maximum absolute atomic E-state index is 14.1. The van der Waals surface area contributed by atoms with E-state index in [0.29, 0.717) is 6.42 Å². The lowest BCUT2D eigenvalue weighted by molar-refractivity contribution is -0.144. The fourth-order valence-electron chi connectivity index (χ4n) is 6.12. The molecular formula is C33H43NO5. The van der Waals surface area contributed by atoms with Crippen molar-refractivity contribution in [2.24, 2.45) is 11.8 Å². The Morgan fingerprint density at radius 3 is 1.95 bits per heavy atom. The number of carbonyl (C=O) groups is 3. The second-order valence-electron chi connectivity index (χ2n) is 11.1. The minimum Gasteiger partial charge on any atom is -0.461 e. The number of hydrogen-bond acceptors (Lipinski definition) is 5. The molecule has 6 heteroatoms. The van der Waals surface area contributed by atoms with Crippen molar-refractivity contribution in [2.75, 3.05) is 6.61 Å². The summed E-state index contributed by atoms with van der Waals surface area (Å²) in [6.07, 6.45) is 10.2. The Morgan fingerprint density at radius 1 is 0.846 bits per heavy atom. The Hall–Kier alpha value is -3.15. The minimum absolute atomic E-state index is 0.109. The molecule has 6 nitrogen and oxygen atoms in total. The van der Waals surface area contributed by atoms with Crippen molar-refractivity contribution >= 4 is 18.0 Å². The van der Waals surface area contributed by atoms with Gasteiger partial charge in [0.1, 0.15) is 12.7 Å². The molecule has 2 fully saturated rings. The number of amides is 2. The van der Waals surface area contributed by atoms with E-state index in [4.69, 9.17) is 9.47 Å². The molecule has 2 aliphatic heterocycles. The van der Waals surface area contributed by atoms with E-state index in [2.05, 4.69) is 6.92 Å². The average molecular weight is 534 g/mol. The van der Waals surface area contributed by atoms with Gasteiger partial charge in [0, 0.05) is 5.92 Å². The van der Waals surface area contributed by atoms with Gasteiger partial charge in [-0.2, -0.15) is 0 Å². The first-order valence-electron chi connectivity index (χ1n) is 14.8. The molecule has 0 unspecified atom stereocenters. The second kappa shape index (κ2) is 14.3. The number of hydrogen-bond donors (Lipinski definition) is 0. The van der Waals surface area contributed by atoms with Crippen LogP contribution in [0.2, 0.25) is 0 Å². The Morgan fingerprint density at radius 2 is 1.38 bits per heavy atom. The van der Waals surface area contributed by atoms with Crippen LogP contribution in [0.15, 0.2) is 60.7 Å². The highest BCUT2D eigenvalue weighted by atomic mass is 16.6. The Bertz CT molecular complexity index is 1030. The van der Waals surface area contributed by atoms with Crippen molar-refractivity contribution in [1.82, 2.24) is 4.90 Å². The van der Waals surface area contributed by atoms with E-state index in [0.717, 1.165) is 30.4 Å². The van der Waals surface area contributed by atoms with Crippen LogP contribution in [0.25, 0.3) is 0 Å². The van der Waals surface area contributed by atoms with E-state index >= 15 is 0 Å². The summed E-state index contributed by atoms with van der Waals surface area (Å²) in [5, 5.41) is 0. The van der Waals surface area contributed by atoms with E-state index in [9.17, 15) is 14.4 Å². The van der Waals surface area contributed by atoms with Gasteiger partial charge in [-0.05, 0) is 24.0 Å². The van der Waals surface area contributed by atoms with Gasteiger partial charge < -0.3 is 9.47 Å². The van der Waals surface area contributed by atoms with Gasteiger partial charge in [0.15, 0.2) is 0 Å². The summed E-state index contributed by atoms with van der Waals surface area (Å²) in [4.78, 5) is 41.0. The fourth-order valence-corrected chi connectivity index (χ4v) is 6.12. The van der Waals surface area contributed by atoms with Gasteiger partial charge >= 0.3 is 12.1 Å². The maximum Gasteiger partial charge on any atom is 0.417 e. The molecule has 2 aliphatic rings. The van der Waals surface area contributed by atoms with Gasteiger partial charge in [-0.3, -0.25) is 9.59 Å². The van der Waals surface area contributed by atoms with Crippen LogP contribution in [0.1, 0.15) is 95.1 Å². The standard InChI is InChI=1S/C33H43NO5/c1-3-4-5-6-7-8-9-10-17-22-28-29(24(2)32(36)39-28)31(35)34-27(23-38-33(34)37)30(25-18-13-11-14-19-25)26-20-15-12-16-21-26/h11-16,18-21,24,27-30H,3-10,17,22-23H2,1-2H3/t24-,27+,28+,29-/m1/s1. The highest BCUT2D eigenvalue weighted by molar-refractivity contribution is 5.98. The van der Waals surface area contributed by atoms with Crippen LogP contribution in [0.3, 0.4) is 0 Å². The quantitative estimate of drug-likeness (QED) is 0.189. The fraction of sp³-hybridized carbons (Fsp3) is 0.545. The van der Waals surface area contributed by atoms with Crippen molar-refractivity contribution in [3.63, 3.8) is 0 Å². The molecule has 2 saturated heterocycles. The van der Waals surface area contributed by atoms with Gasteiger partial charge in [-0.25, -0.2) is 9.69 Å². The van der Waals surface area contributed by atoms with Gasteiger partial charge in [0.25, 0.3) is 0 Å². The van der Waals surface area contributed by atoms with E-state index in [1.54, 1.807) is 6.92 Å². The molecule has 4 atom stereocenters. The number of unbranched alkanes of at least 4 members (excludes halogenated alkanes) is 8. The number of benzene rings is 2. The van der Waals surface area contributed by atoms with Crippen molar-refractivity contribution in [3.8, 4) is 0 Å². The molecule has 2 heterocycles.